The normalized spacial score (nSPS) is 16.6. The summed E-state index contributed by atoms with van der Waals surface area (Å²) in [5, 5.41) is 8.44. The van der Waals surface area contributed by atoms with E-state index in [0.717, 1.165) is 0 Å². The third-order valence-electron chi connectivity index (χ3n) is 0.581. The lowest BCUT2D eigenvalue weighted by Crippen LogP contribution is -2.02. The van der Waals surface area contributed by atoms with Gasteiger partial charge < -0.3 is 10.00 Å². The van der Waals surface area contributed by atoms with Crippen LogP contribution < -0.4 is 4.89 Å². The van der Waals surface area contributed by atoms with Crippen LogP contribution in [0.2, 0.25) is 0 Å². The van der Waals surface area contributed by atoms with Crippen LogP contribution in [0.25, 0.3) is 0 Å². The third-order valence-corrected chi connectivity index (χ3v) is 1.18. The molecule has 0 aliphatic heterocycles. The van der Waals surface area contributed by atoms with Crippen molar-refractivity contribution < 1.29 is 14.6 Å². The van der Waals surface area contributed by atoms with Crippen LogP contribution in [0.3, 0.4) is 0 Å². The van der Waals surface area contributed by atoms with Gasteiger partial charge in [0.2, 0.25) is 0 Å². The van der Waals surface area contributed by atoms with E-state index in [1.54, 1.807) is 6.92 Å². The molecule has 0 rings (SSSR count). The SMILES string of the molecule is C/C=C/C(O)[P+](=O)[O-]. The van der Waals surface area contributed by atoms with Gasteiger partial charge in [0.25, 0.3) is 5.85 Å². The molecule has 4 heteroatoms. The summed E-state index contributed by atoms with van der Waals surface area (Å²) >= 11 is 0. The summed E-state index contributed by atoms with van der Waals surface area (Å²) in [7, 11) is -2.70. The van der Waals surface area contributed by atoms with Crippen molar-refractivity contribution in [2.45, 2.75) is 12.8 Å². The molecule has 0 fully saturated rings. The number of hydrogen-bond acceptors (Lipinski definition) is 3. The molecule has 0 saturated heterocycles. The van der Waals surface area contributed by atoms with Gasteiger partial charge in [-0.2, -0.15) is 0 Å². The minimum atomic E-state index is -2.70. The molecule has 0 saturated carbocycles. The molecule has 3 nitrogen and oxygen atoms in total. The lowest BCUT2D eigenvalue weighted by molar-refractivity contribution is -0.170. The van der Waals surface area contributed by atoms with Crippen molar-refractivity contribution in [3.05, 3.63) is 12.2 Å². The Bertz CT molecular complexity index is 110. The highest BCUT2D eigenvalue weighted by Crippen LogP contribution is 2.14. The minimum Gasteiger partial charge on any atom is -0.593 e. The van der Waals surface area contributed by atoms with E-state index in [9.17, 15) is 9.46 Å². The standard InChI is InChI=1S/C4H7O3P/c1-2-3-4(5)8(6)7/h2-5H,1H3/b3-2+. The Morgan fingerprint density at radius 3 is 2.50 bits per heavy atom. The first kappa shape index (κ1) is 7.76. The van der Waals surface area contributed by atoms with Crippen LogP contribution >= 0.6 is 8.03 Å². The molecule has 0 bridgehead atoms. The lowest BCUT2D eigenvalue weighted by Gasteiger charge is -1.89. The second-order valence-corrected chi connectivity index (χ2v) is 2.32. The van der Waals surface area contributed by atoms with Crippen molar-refractivity contribution >= 4 is 8.03 Å². The first-order chi connectivity index (χ1) is 3.68. The van der Waals surface area contributed by atoms with Gasteiger partial charge in [-0.25, -0.2) is 0 Å². The van der Waals surface area contributed by atoms with Crippen LogP contribution in [0, 0.1) is 0 Å². The van der Waals surface area contributed by atoms with Gasteiger partial charge in [-0.1, -0.05) is 10.6 Å². The van der Waals surface area contributed by atoms with Crippen LogP contribution in [0.5, 0.6) is 0 Å². The molecule has 0 aromatic heterocycles. The summed E-state index contributed by atoms with van der Waals surface area (Å²) < 4.78 is 9.82. The monoisotopic (exact) mass is 134 g/mol. The largest absolute Gasteiger partial charge is 0.593 e. The molecule has 0 heterocycles. The molecular formula is C4H7O3P. The van der Waals surface area contributed by atoms with Gasteiger partial charge >= 0.3 is 8.03 Å². The van der Waals surface area contributed by atoms with Crippen molar-refractivity contribution in [1.29, 1.82) is 0 Å². The average Bonchev–Trinajstić information content (AvgIpc) is 1.67. The third kappa shape index (κ3) is 2.86. The smallest absolute Gasteiger partial charge is 0.345 e. The van der Waals surface area contributed by atoms with Gasteiger partial charge in [0.15, 0.2) is 0 Å². The Labute approximate surface area is 48.5 Å². The average molecular weight is 134 g/mol. The van der Waals surface area contributed by atoms with E-state index in [4.69, 9.17) is 5.11 Å². The summed E-state index contributed by atoms with van der Waals surface area (Å²) in [5.74, 6) is -1.31. The van der Waals surface area contributed by atoms with Gasteiger partial charge in [0.05, 0.1) is 0 Å². The van der Waals surface area contributed by atoms with Gasteiger partial charge in [-0.15, -0.1) is 0 Å². The Hall–Kier alpha value is -0.240. The molecule has 0 amide bonds. The van der Waals surface area contributed by atoms with Crippen LogP contribution in [-0.2, 0) is 4.57 Å². The molecule has 0 spiro atoms. The first-order valence-corrected chi connectivity index (χ1v) is 3.37. The molecule has 0 aliphatic rings. The number of hydrogen-bond donors (Lipinski definition) is 1. The fourth-order valence-corrected chi connectivity index (χ4v) is 0.555. The van der Waals surface area contributed by atoms with E-state index >= 15 is 0 Å². The zero-order valence-corrected chi connectivity index (χ0v) is 5.34. The zero-order valence-electron chi connectivity index (χ0n) is 4.44. The molecule has 1 N–H and O–H groups in total. The fraction of sp³-hybridized carbons (Fsp3) is 0.500. The highest BCUT2D eigenvalue weighted by atomic mass is 31.1. The minimum absolute atomic E-state index is 1.20. The molecule has 0 radical (unpaired) electrons. The maximum Gasteiger partial charge on any atom is 0.345 e. The van der Waals surface area contributed by atoms with Crippen LogP contribution in [0.4, 0.5) is 0 Å². The van der Waals surface area contributed by atoms with E-state index in [0.29, 0.717) is 0 Å². The quantitative estimate of drug-likeness (QED) is 0.426. The van der Waals surface area contributed by atoms with Gasteiger partial charge in [-0.05, 0) is 13.0 Å². The maximum absolute atomic E-state index is 9.82. The fourth-order valence-electron chi connectivity index (χ4n) is 0.242. The molecule has 0 aliphatic carbocycles. The van der Waals surface area contributed by atoms with E-state index in [-0.39, 0.29) is 0 Å². The maximum atomic E-state index is 9.82. The zero-order chi connectivity index (χ0) is 6.57. The van der Waals surface area contributed by atoms with E-state index in [2.05, 4.69) is 0 Å². The van der Waals surface area contributed by atoms with Crippen molar-refractivity contribution in [2.75, 3.05) is 0 Å². The van der Waals surface area contributed by atoms with Crippen molar-refractivity contribution in [2.24, 2.45) is 0 Å². The van der Waals surface area contributed by atoms with E-state index in [1.807, 2.05) is 0 Å². The van der Waals surface area contributed by atoms with Crippen LogP contribution in [-0.4, -0.2) is 11.0 Å². The molecule has 2 unspecified atom stereocenters. The summed E-state index contributed by atoms with van der Waals surface area (Å²) in [6, 6.07) is 0. The highest BCUT2D eigenvalue weighted by Gasteiger charge is 2.10. The number of aliphatic hydroxyl groups excluding tert-OH is 1. The summed E-state index contributed by atoms with van der Waals surface area (Å²) in [4.78, 5) is 9.82. The second kappa shape index (κ2) is 3.72. The molecule has 0 aromatic rings. The highest BCUT2D eigenvalue weighted by molar-refractivity contribution is 7.37. The van der Waals surface area contributed by atoms with Gasteiger partial charge in [0.1, 0.15) is 0 Å². The molecule has 8 heavy (non-hydrogen) atoms. The van der Waals surface area contributed by atoms with E-state index in [1.165, 1.54) is 12.2 Å². The molecule has 46 valence electrons. The lowest BCUT2D eigenvalue weighted by atomic mass is 10.6. The molecular weight excluding hydrogens is 127 g/mol. The molecule has 0 aromatic carbocycles. The predicted molar refractivity (Wildman–Crippen MR) is 28.4 cm³/mol. The van der Waals surface area contributed by atoms with Gasteiger partial charge in [0, 0.05) is 0 Å². The van der Waals surface area contributed by atoms with Crippen molar-refractivity contribution in [3.63, 3.8) is 0 Å². The topological polar surface area (TPSA) is 60.4 Å². The predicted octanol–water partition coefficient (Wildman–Crippen LogP) is -0.0164. The summed E-state index contributed by atoms with van der Waals surface area (Å²) in [6.45, 7) is 1.64. The Balaban J connectivity index is 3.64. The summed E-state index contributed by atoms with van der Waals surface area (Å²) in [6.07, 6.45) is 2.68. The summed E-state index contributed by atoms with van der Waals surface area (Å²) in [5.41, 5.74) is 0. The Morgan fingerprint density at radius 1 is 1.88 bits per heavy atom. The van der Waals surface area contributed by atoms with Crippen LogP contribution in [0.1, 0.15) is 6.92 Å². The second-order valence-electron chi connectivity index (χ2n) is 1.22. The van der Waals surface area contributed by atoms with E-state index < -0.39 is 13.9 Å². The van der Waals surface area contributed by atoms with Crippen LogP contribution in [0.15, 0.2) is 12.2 Å². The molecule has 2 atom stereocenters. The Kier molecular flexibility index (Phi) is 3.61. The number of aliphatic hydroxyl groups is 1. The Morgan fingerprint density at radius 2 is 2.38 bits per heavy atom. The number of allylic oxidation sites excluding steroid dienone is 1. The number of rotatable bonds is 2. The van der Waals surface area contributed by atoms with Crippen molar-refractivity contribution in [1.82, 2.24) is 0 Å². The van der Waals surface area contributed by atoms with Crippen molar-refractivity contribution in [3.8, 4) is 0 Å². The first-order valence-electron chi connectivity index (χ1n) is 2.13. The van der Waals surface area contributed by atoms with Gasteiger partial charge in [-0.3, -0.25) is 0 Å².